The van der Waals surface area contributed by atoms with Crippen LogP contribution >= 0.6 is 0 Å². The number of aromatic nitrogens is 4. The van der Waals surface area contributed by atoms with Crippen LogP contribution in [-0.4, -0.2) is 18.9 Å². The minimum atomic E-state index is 0. The molecule has 4 nitrogen and oxygen atoms in total. The van der Waals surface area contributed by atoms with Gasteiger partial charge in [-0.3, -0.25) is 9.97 Å². The van der Waals surface area contributed by atoms with Gasteiger partial charge in [0.05, 0.1) is 11.5 Å². The summed E-state index contributed by atoms with van der Waals surface area (Å²) in [7, 11) is 0. The fourth-order valence-electron chi connectivity index (χ4n) is 5.10. The molecule has 0 bridgehead atoms. The Labute approximate surface area is 232 Å². The summed E-state index contributed by atoms with van der Waals surface area (Å²) in [5, 5.41) is 2.36. The number of hydrogen-bond donors (Lipinski definition) is 0. The summed E-state index contributed by atoms with van der Waals surface area (Å²) >= 11 is 0. The summed E-state index contributed by atoms with van der Waals surface area (Å²) in [4.78, 5) is 8.98. The van der Waals surface area contributed by atoms with Crippen LogP contribution in [0.2, 0.25) is 0 Å². The van der Waals surface area contributed by atoms with Crippen LogP contribution in [0.25, 0.3) is 33.5 Å². The van der Waals surface area contributed by atoms with Crippen LogP contribution in [0.15, 0.2) is 73.2 Å². The van der Waals surface area contributed by atoms with Gasteiger partial charge in [0.1, 0.15) is 0 Å². The van der Waals surface area contributed by atoms with Gasteiger partial charge < -0.3 is 8.97 Å². The zero-order valence-corrected chi connectivity index (χ0v) is 24.4. The van der Waals surface area contributed by atoms with Crippen LogP contribution < -0.4 is 0 Å². The molecule has 0 aliphatic carbocycles. The van der Waals surface area contributed by atoms with Crippen LogP contribution in [0.4, 0.5) is 0 Å². The largest absolute Gasteiger partial charge is 0.342 e. The van der Waals surface area contributed by atoms with Gasteiger partial charge in [-0.25, -0.2) is 0 Å². The third-order valence-corrected chi connectivity index (χ3v) is 6.77. The van der Waals surface area contributed by atoms with Crippen molar-refractivity contribution in [2.45, 2.75) is 41.5 Å². The van der Waals surface area contributed by atoms with Crippen molar-refractivity contribution in [1.29, 1.82) is 0 Å². The van der Waals surface area contributed by atoms with Crippen molar-refractivity contribution in [3.8, 4) is 17.1 Å². The summed E-state index contributed by atoms with van der Waals surface area (Å²) < 4.78 is 4.35. The molecule has 3 aromatic carbocycles. The number of imidazole rings is 2. The quantitative estimate of drug-likeness (QED) is 0.180. The molecule has 0 aliphatic heterocycles. The average molecular weight is 663 g/mol. The summed E-state index contributed by atoms with van der Waals surface area (Å²) in [6.45, 7) is 12.8. The van der Waals surface area contributed by atoms with Crippen molar-refractivity contribution in [2.75, 3.05) is 0 Å². The van der Waals surface area contributed by atoms with E-state index in [4.69, 9.17) is 0 Å². The third kappa shape index (κ3) is 4.90. The van der Waals surface area contributed by atoms with E-state index < -0.39 is 0 Å². The van der Waals surface area contributed by atoms with Crippen LogP contribution in [0, 0.1) is 53.7 Å². The number of benzene rings is 3. The van der Waals surface area contributed by atoms with Gasteiger partial charge in [-0.1, -0.05) is 23.3 Å². The molecule has 3 heterocycles. The van der Waals surface area contributed by atoms with Gasteiger partial charge in [0, 0.05) is 55.8 Å². The average Bonchev–Trinajstić information content (AvgIpc) is 3.50. The topological polar surface area (TPSA) is 35.1 Å². The molecule has 0 spiro atoms. The van der Waals surface area contributed by atoms with Gasteiger partial charge in [0.2, 0.25) is 0 Å². The molecule has 0 aliphatic rings. The normalized spacial score (nSPS) is 10.8. The number of rotatable bonds is 2. The van der Waals surface area contributed by atoms with Crippen LogP contribution in [0.3, 0.4) is 0 Å². The maximum absolute atomic E-state index is 4.50. The molecular formula is C32H30IrN4-2. The number of nitrogens with zero attached hydrogens (tertiary/aromatic N) is 4. The Morgan fingerprint density at radius 3 is 2.24 bits per heavy atom. The predicted molar refractivity (Wildman–Crippen MR) is 148 cm³/mol. The van der Waals surface area contributed by atoms with E-state index in [1.807, 2.05) is 55.0 Å². The summed E-state index contributed by atoms with van der Waals surface area (Å²) in [6, 6.07) is 25.0. The number of hydrogen-bond acceptors (Lipinski definition) is 2. The van der Waals surface area contributed by atoms with E-state index in [-0.39, 0.29) is 20.1 Å². The summed E-state index contributed by atoms with van der Waals surface area (Å²) in [5.74, 6) is 0.931. The minimum Gasteiger partial charge on any atom is -0.342 e. The van der Waals surface area contributed by atoms with E-state index in [0.717, 1.165) is 22.4 Å². The standard InChI is InChI=1S/C18H17N2.C14H13N2.Ir/c1-13-11-14(2)17(15(3)12-13)20-10-9-19-18(20)16-7-5-4-6-8-16;1-9-8-15-14-13-7-5-4-6-12(13)10(2)11(3)16(9)14;/h4-7,9-12H,1-3H3;4-6,8H,1-3H3;/q2*-1;. The molecule has 6 aromatic rings. The van der Waals surface area contributed by atoms with E-state index >= 15 is 0 Å². The zero-order chi connectivity index (χ0) is 25.4. The number of fused-ring (bicyclic) bond motifs is 3. The summed E-state index contributed by atoms with van der Waals surface area (Å²) in [5.41, 5.74) is 10.8. The zero-order valence-electron chi connectivity index (χ0n) is 22.1. The van der Waals surface area contributed by atoms with E-state index in [2.05, 4.69) is 90.8 Å². The molecule has 3 aromatic heterocycles. The molecule has 5 heteroatoms. The smallest absolute Gasteiger partial charge is 0.0607 e. The third-order valence-electron chi connectivity index (χ3n) is 6.77. The first kappa shape index (κ1) is 26.5. The first-order chi connectivity index (χ1) is 17.4. The molecule has 0 fully saturated rings. The second-order valence-electron chi connectivity index (χ2n) is 9.37. The molecule has 189 valence electrons. The van der Waals surface area contributed by atoms with Crippen LogP contribution in [0.5, 0.6) is 0 Å². The Hall–Kier alpha value is -3.53. The van der Waals surface area contributed by atoms with Crippen LogP contribution in [0.1, 0.15) is 33.6 Å². The van der Waals surface area contributed by atoms with Gasteiger partial charge in [-0.05, 0) is 52.7 Å². The van der Waals surface area contributed by atoms with Gasteiger partial charge in [-0.15, -0.1) is 70.9 Å². The molecule has 0 atom stereocenters. The van der Waals surface area contributed by atoms with E-state index in [1.165, 1.54) is 44.7 Å². The molecule has 0 saturated heterocycles. The molecule has 0 unspecified atom stereocenters. The van der Waals surface area contributed by atoms with Crippen molar-refractivity contribution >= 4 is 16.4 Å². The second kappa shape index (κ2) is 10.8. The number of aryl methyl sites for hydroxylation is 6. The Kier molecular flexibility index (Phi) is 7.77. The van der Waals surface area contributed by atoms with E-state index in [1.54, 1.807) is 0 Å². The van der Waals surface area contributed by atoms with Gasteiger partial charge in [-0.2, -0.15) is 0 Å². The number of pyridine rings is 1. The Morgan fingerprint density at radius 2 is 1.54 bits per heavy atom. The fourth-order valence-corrected chi connectivity index (χ4v) is 5.10. The molecular weight excluding hydrogens is 633 g/mol. The monoisotopic (exact) mass is 663 g/mol. The summed E-state index contributed by atoms with van der Waals surface area (Å²) in [6.07, 6.45) is 5.78. The fraction of sp³-hybridized carbons (Fsp3) is 0.188. The second-order valence-corrected chi connectivity index (χ2v) is 9.37. The molecule has 37 heavy (non-hydrogen) atoms. The Bertz CT molecular complexity index is 1670. The first-order valence-corrected chi connectivity index (χ1v) is 12.2. The molecule has 1 radical (unpaired) electrons. The van der Waals surface area contributed by atoms with Crippen molar-refractivity contribution in [1.82, 2.24) is 18.9 Å². The van der Waals surface area contributed by atoms with Crippen molar-refractivity contribution in [3.63, 3.8) is 0 Å². The maximum Gasteiger partial charge on any atom is 0.0607 e. The van der Waals surface area contributed by atoms with Crippen LogP contribution in [-0.2, 0) is 20.1 Å². The maximum atomic E-state index is 4.50. The van der Waals surface area contributed by atoms with Gasteiger partial charge in [0.15, 0.2) is 0 Å². The van der Waals surface area contributed by atoms with E-state index in [9.17, 15) is 0 Å². The van der Waals surface area contributed by atoms with E-state index in [0.29, 0.717) is 0 Å². The van der Waals surface area contributed by atoms with Crippen molar-refractivity contribution < 1.29 is 20.1 Å². The predicted octanol–water partition coefficient (Wildman–Crippen LogP) is 7.48. The Balaban J connectivity index is 0.000000172. The molecule has 0 amide bonds. The SMILES string of the molecule is Cc1c(C)n2c(C)cnc2c2[c-]cccc12.Cc1cc(C)c(-n2ccnc2-c2[c-]cccc2)c(C)c1.[Ir]. The van der Waals surface area contributed by atoms with Crippen molar-refractivity contribution in [2.24, 2.45) is 0 Å². The molecule has 0 saturated carbocycles. The molecule has 6 rings (SSSR count). The Morgan fingerprint density at radius 1 is 0.811 bits per heavy atom. The van der Waals surface area contributed by atoms with Gasteiger partial charge >= 0.3 is 0 Å². The van der Waals surface area contributed by atoms with Crippen molar-refractivity contribution in [3.05, 3.63) is 119 Å². The molecule has 0 N–H and O–H groups in total. The first-order valence-electron chi connectivity index (χ1n) is 12.2. The minimum absolute atomic E-state index is 0. The van der Waals surface area contributed by atoms with Gasteiger partial charge in [0.25, 0.3) is 0 Å².